The first-order valence-corrected chi connectivity index (χ1v) is 8.08. The van der Waals surface area contributed by atoms with Crippen molar-refractivity contribution in [2.24, 2.45) is 0 Å². The lowest BCUT2D eigenvalue weighted by atomic mass is 10.2. The number of amides is 3. The van der Waals surface area contributed by atoms with Crippen molar-refractivity contribution in [3.05, 3.63) is 65.7 Å². The molecule has 0 unspecified atom stereocenters. The van der Waals surface area contributed by atoms with E-state index >= 15 is 0 Å². The zero-order valence-corrected chi connectivity index (χ0v) is 13.7. The average Bonchev–Trinajstić information content (AvgIpc) is 2.57. The Labute approximate surface area is 142 Å². The van der Waals surface area contributed by atoms with Gasteiger partial charge in [0.15, 0.2) is 11.6 Å². The van der Waals surface area contributed by atoms with Gasteiger partial charge in [-0.15, -0.1) is 11.8 Å². The summed E-state index contributed by atoms with van der Waals surface area (Å²) in [4.78, 5) is 24.1. The molecule has 24 heavy (non-hydrogen) atoms. The van der Waals surface area contributed by atoms with Gasteiger partial charge in [-0.05, 0) is 30.7 Å². The summed E-state index contributed by atoms with van der Waals surface area (Å²) in [5.74, 6) is -2.44. The summed E-state index contributed by atoms with van der Waals surface area (Å²) < 4.78 is 26.0. The molecule has 126 valence electrons. The maximum absolute atomic E-state index is 13.1. The molecule has 2 rings (SSSR count). The van der Waals surface area contributed by atoms with E-state index < -0.39 is 28.8 Å². The van der Waals surface area contributed by atoms with Gasteiger partial charge in [-0.3, -0.25) is 10.1 Å². The van der Waals surface area contributed by atoms with Gasteiger partial charge in [0.05, 0.1) is 5.25 Å². The molecule has 0 aliphatic heterocycles. The molecule has 0 aliphatic carbocycles. The van der Waals surface area contributed by atoms with Gasteiger partial charge >= 0.3 is 6.03 Å². The summed E-state index contributed by atoms with van der Waals surface area (Å²) in [6.07, 6.45) is 0. The molecule has 2 aromatic rings. The molecule has 0 aromatic heterocycles. The lowest BCUT2D eigenvalue weighted by Crippen LogP contribution is -2.42. The Morgan fingerprint density at radius 1 is 1.08 bits per heavy atom. The minimum absolute atomic E-state index is 0.296. The zero-order valence-electron chi connectivity index (χ0n) is 12.9. The van der Waals surface area contributed by atoms with Crippen LogP contribution in [0.15, 0.2) is 53.4 Å². The lowest BCUT2D eigenvalue weighted by molar-refractivity contribution is -0.119. The summed E-state index contributed by atoms with van der Waals surface area (Å²) in [6.45, 7) is 1.87. The second-order valence-electron chi connectivity index (χ2n) is 4.99. The molecule has 3 amide bonds. The maximum atomic E-state index is 13.1. The van der Waals surface area contributed by atoms with Crippen molar-refractivity contribution in [3.8, 4) is 0 Å². The standard InChI is InChI=1S/C17H16F2N2O2S/c1-11(24-13-7-8-14(18)15(19)9-13)16(22)21-17(23)20-10-12-5-3-2-4-6-12/h2-9,11H,10H2,1H3,(H2,20,21,22,23)/t11-/m0/s1. The van der Waals surface area contributed by atoms with E-state index in [2.05, 4.69) is 10.6 Å². The number of thioether (sulfide) groups is 1. The molecule has 0 aliphatic rings. The van der Waals surface area contributed by atoms with Crippen LogP contribution in [0.2, 0.25) is 0 Å². The van der Waals surface area contributed by atoms with Crippen molar-refractivity contribution in [1.82, 2.24) is 10.6 Å². The van der Waals surface area contributed by atoms with E-state index in [1.807, 2.05) is 30.3 Å². The fourth-order valence-electron chi connectivity index (χ4n) is 1.84. The van der Waals surface area contributed by atoms with Gasteiger partial charge in [0.1, 0.15) is 0 Å². The zero-order chi connectivity index (χ0) is 17.5. The fourth-order valence-corrected chi connectivity index (χ4v) is 2.74. The van der Waals surface area contributed by atoms with E-state index in [1.165, 1.54) is 6.07 Å². The van der Waals surface area contributed by atoms with Crippen LogP contribution in [-0.4, -0.2) is 17.2 Å². The molecule has 1 atom stereocenters. The van der Waals surface area contributed by atoms with Crippen LogP contribution >= 0.6 is 11.8 Å². The van der Waals surface area contributed by atoms with Gasteiger partial charge in [0.2, 0.25) is 5.91 Å². The van der Waals surface area contributed by atoms with Crippen molar-refractivity contribution in [1.29, 1.82) is 0 Å². The molecule has 0 radical (unpaired) electrons. The molecule has 2 N–H and O–H groups in total. The third-order valence-electron chi connectivity index (χ3n) is 3.11. The third-order valence-corrected chi connectivity index (χ3v) is 4.20. The Morgan fingerprint density at radius 2 is 1.79 bits per heavy atom. The molecule has 0 saturated carbocycles. The molecule has 0 fully saturated rings. The largest absolute Gasteiger partial charge is 0.334 e. The van der Waals surface area contributed by atoms with Crippen LogP contribution < -0.4 is 10.6 Å². The number of hydrogen-bond donors (Lipinski definition) is 2. The molecule has 2 aromatic carbocycles. The first-order chi connectivity index (χ1) is 11.5. The summed E-state index contributed by atoms with van der Waals surface area (Å²) in [7, 11) is 0. The molecule has 7 heteroatoms. The molecule has 4 nitrogen and oxygen atoms in total. The fraction of sp³-hybridized carbons (Fsp3) is 0.176. The van der Waals surface area contributed by atoms with Crippen LogP contribution in [0, 0.1) is 11.6 Å². The van der Waals surface area contributed by atoms with Crippen molar-refractivity contribution < 1.29 is 18.4 Å². The summed E-state index contributed by atoms with van der Waals surface area (Å²) in [6, 6.07) is 12.0. The summed E-state index contributed by atoms with van der Waals surface area (Å²) in [5, 5.41) is 4.15. The van der Waals surface area contributed by atoms with E-state index in [9.17, 15) is 18.4 Å². The molecule has 0 heterocycles. The number of benzene rings is 2. The highest BCUT2D eigenvalue weighted by atomic mass is 32.2. The van der Waals surface area contributed by atoms with Gasteiger partial charge in [-0.2, -0.15) is 0 Å². The van der Waals surface area contributed by atoms with Crippen molar-refractivity contribution in [2.45, 2.75) is 23.6 Å². The van der Waals surface area contributed by atoms with E-state index in [0.717, 1.165) is 29.5 Å². The Bertz CT molecular complexity index is 726. The second-order valence-corrected chi connectivity index (χ2v) is 6.41. The van der Waals surface area contributed by atoms with Gasteiger partial charge in [-0.25, -0.2) is 13.6 Å². The average molecular weight is 350 g/mol. The van der Waals surface area contributed by atoms with E-state index in [0.29, 0.717) is 11.4 Å². The maximum Gasteiger partial charge on any atom is 0.321 e. The third kappa shape index (κ3) is 5.34. The summed E-state index contributed by atoms with van der Waals surface area (Å²) in [5.41, 5.74) is 0.907. The quantitative estimate of drug-likeness (QED) is 0.812. The van der Waals surface area contributed by atoms with Crippen molar-refractivity contribution >= 4 is 23.7 Å². The number of urea groups is 1. The highest BCUT2D eigenvalue weighted by molar-refractivity contribution is 8.00. The van der Waals surface area contributed by atoms with Crippen LogP contribution in [0.1, 0.15) is 12.5 Å². The SMILES string of the molecule is C[C@H](Sc1ccc(F)c(F)c1)C(=O)NC(=O)NCc1ccccc1. The Kier molecular flexibility index (Phi) is 6.31. The highest BCUT2D eigenvalue weighted by Crippen LogP contribution is 2.24. The van der Waals surface area contributed by atoms with Crippen LogP contribution in [0.4, 0.5) is 13.6 Å². The van der Waals surface area contributed by atoms with Crippen LogP contribution in [0.3, 0.4) is 0 Å². The number of nitrogens with one attached hydrogen (secondary N) is 2. The number of imide groups is 1. The lowest BCUT2D eigenvalue weighted by Gasteiger charge is -2.12. The molecular weight excluding hydrogens is 334 g/mol. The molecule has 0 spiro atoms. The summed E-state index contributed by atoms with van der Waals surface area (Å²) >= 11 is 1.03. The van der Waals surface area contributed by atoms with Crippen LogP contribution in [0.25, 0.3) is 0 Å². The van der Waals surface area contributed by atoms with Crippen molar-refractivity contribution in [3.63, 3.8) is 0 Å². The van der Waals surface area contributed by atoms with Crippen LogP contribution in [0.5, 0.6) is 0 Å². The predicted molar refractivity (Wildman–Crippen MR) is 88.5 cm³/mol. The number of carbonyl (C=O) groups excluding carboxylic acids is 2. The number of halogens is 2. The Balaban J connectivity index is 1.82. The van der Waals surface area contributed by atoms with E-state index in [1.54, 1.807) is 6.92 Å². The second kappa shape index (κ2) is 8.44. The molecular formula is C17H16F2N2O2S. The number of hydrogen-bond acceptors (Lipinski definition) is 3. The van der Waals surface area contributed by atoms with Crippen molar-refractivity contribution in [2.75, 3.05) is 0 Å². The molecule has 0 bridgehead atoms. The first-order valence-electron chi connectivity index (χ1n) is 7.20. The van der Waals surface area contributed by atoms with E-state index in [-0.39, 0.29) is 0 Å². The number of rotatable bonds is 5. The Hall–Kier alpha value is -2.41. The predicted octanol–water partition coefficient (Wildman–Crippen LogP) is 3.47. The topological polar surface area (TPSA) is 58.2 Å². The van der Waals surface area contributed by atoms with Gasteiger partial charge < -0.3 is 5.32 Å². The smallest absolute Gasteiger partial charge is 0.321 e. The minimum Gasteiger partial charge on any atom is -0.334 e. The van der Waals surface area contributed by atoms with Gasteiger partial charge in [-0.1, -0.05) is 30.3 Å². The minimum atomic E-state index is -0.979. The first kappa shape index (κ1) is 17.9. The number of carbonyl (C=O) groups is 2. The highest BCUT2D eigenvalue weighted by Gasteiger charge is 2.17. The van der Waals surface area contributed by atoms with Crippen LogP contribution in [-0.2, 0) is 11.3 Å². The molecule has 0 saturated heterocycles. The van der Waals surface area contributed by atoms with E-state index in [4.69, 9.17) is 0 Å². The normalized spacial score (nSPS) is 11.6. The van der Waals surface area contributed by atoms with Gasteiger partial charge in [0.25, 0.3) is 0 Å². The van der Waals surface area contributed by atoms with Gasteiger partial charge in [0, 0.05) is 11.4 Å². The Morgan fingerprint density at radius 3 is 2.46 bits per heavy atom. The monoisotopic (exact) mass is 350 g/mol.